The SMILES string of the molecule is CCC(CC)Oc1ccc(OCCOc2ccccn2)cc1. The minimum Gasteiger partial charge on any atom is -0.490 e. The van der Waals surface area contributed by atoms with Crippen LogP contribution >= 0.6 is 0 Å². The molecule has 0 radical (unpaired) electrons. The van der Waals surface area contributed by atoms with Crippen LogP contribution < -0.4 is 14.2 Å². The number of aromatic nitrogens is 1. The van der Waals surface area contributed by atoms with E-state index < -0.39 is 0 Å². The van der Waals surface area contributed by atoms with E-state index in [0.29, 0.717) is 19.1 Å². The first kappa shape index (κ1) is 16.1. The highest BCUT2D eigenvalue weighted by Gasteiger charge is 2.05. The zero-order chi connectivity index (χ0) is 15.6. The van der Waals surface area contributed by atoms with Gasteiger partial charge in [0.1, 0.15) is 24.7 Å². The van der Waals surface area contributed by atoms with E-state index in [2.05, 4.69) is 18.8 Å². The lowest BCUT2D eigenvalue weighted by Gasteiger charge is -2.15. The summed E-state index contributed by atoms with van der Waals surface area (Å²) in [5.74, 6) is 2.30. The Balaban J connectivity index is 1.72. The van der Waals surface area contributed by atoms with Crippen LogP contribution in [-0.2, 0) is 0 Å². The van der Waals surface area contributed by atoms with E-state index in [1.54, 1.807) is 6.20 Å². The zero-order valence-corrected chi connectivity index (χ0v) is 13.2. The van der Waals surface area contributed by atoms with Crippen molar-refractivity contribution >= 4 is 0 Å². The summed E-state index contributed by atoms with van der Waals surface area (Å²) in [5.41, 5.74) is 0. The largest absolute Gasteiger partial charge is 0.490 e. The molecule has 0 aliphatic rings. The first-order chi connectivity index (χ1) is 10.8. The fourth-order valence-electron chi connectivity index (χ4n) is 2.00. The molecule has 1 aromatic carbocycles. The van der Waals surface area contributed by atoms with E-state index >= 15 is 0 Å². The molecule has 1 aromatic heterocycles. The second-order valence-electron chi connectivity index (χ2n) is 4.89. The van der Waals surface area contributed by atoms with Crippen LogP contribution in [0.2, 0.25) is 0 Å². The van der Waals surface area contributed by atoms with Crippen LogP contribution in [-0.4, -0.2) is 24.3 Å². The van der Waals surface area contributed by atoms with Crippen LogP contribution in [0.5, 0.6) is 17.4 Å². The standard InChI is InChI=1S/C18H23NO3/c1-3-15(4-2)22-17-10-8-16(9-11-17)20-13-14-21-18-7-5-6-12-19-18/h5-12,15H,3-4,13-14H2,1-2H3. The molecule has 2 rings (SSSR count). The van der Waals surface area contributed by atoms with Gasteiger partial charge in [0, 0.05) is 12.3 Å². The predicted octanol–water partition coefficient (Wildman–Crippen LogP) is 4.11. The van der Waals surface area contributed by atoms with Crippen molar-refractivity contribution in [2.45, 2.75) is 32.8 Å². The Kier molecular flexibility index (Phi) is 6.55. The summed E-state index contributed by atoms with van der Waals surface area (Å²) < 4.78 is 17.0. The molecular weight excluding hydrogens is 278 g/mol. The molecule has 0 saturated carbocycles. The summed E-state index contributed by atoms with van der Waals surface area (Å²) >= 11 is 0. The van der Waals surface area contributed by atoms with Crippen LogP contribution in [0.25, 0.3) is 0 Å². The van der Waals surface area contributed by atoms with Crippen molar-refractivity contribution in [3.8, 4) is 17.4 Å². The Hall–Kier alpha value is -2.23. The monoisotopic (exact) mass is 301 g/mol. The Morgan fingerprint density at radius 3 is 2.18 bits per heavy atom. The highest BCUT2D eigenvalue weighted by Crippen LogP contribution is 2.20. The Bertz CT molecular complexity index is 524. The van der Waals surface area contributed by atoms with E-state index in [1.807, 2.05) is 42.5 Å². The number of nitrogens with zero attached hydrogens (tertiary/aromatic N) is 1. The molecule has 1 heterocycles. The number of pyridine rings is 1. The Morgan fingerprint density at radius 1 is 0.864 bits per heavy atom. The molecule has 0 saturated heterocycles. The summed E-state index contributed by atoms with van der Waals surface area (Å²) in [7, 11) is 0. The van der Waals surface area contributed by atoms with Gasteiger partial charge in [-0.3, -0.25) is 0 Å². The molecule has 0 spiro atoms. The molecule has 0 atom stereocenters. The smallest absolute Gasteiger partial charge is 0.213 e. The lowest BCUT2D eigenvalue weighted by molar-refractivity contribution is 0.192. The quantitative estimate of drug-likeness (QED) is 0.654. The lowest BCUT2D eigenvalue weighted by Crippen LogP contribution is -2.13. The molecule has 118 valence electrons. The van der Waals surface area contributed by atoms with Crippen molar-refractivity contribution < 1.29 is 14.2 Å². The van der Waals surface area contributed by atoms with Crippen molar-refractivity contribution in [2.24, 2.45) is 0 Å². The van der Waals surface area contributed by atoms with Gasteiger partial charge in [0.15, 0.2) is 0 Å². The Labute approximate surface area is 132 Å². The molecule has 4 nitrogen and oxygen atoms in total. The van der Waals surface area contributed by atoms with Gasteiger partial charge in [-0.15, -0.1) is 0 Å². The van der Waals surface area contributed by atoms with Crippen LogP contribution in [0.1, 0.15) is 26.7 Å². The topological polar surface area (TPSA) is 40.6 Å². The molecule has 0 unspecified atom stereocenters. The molecule has 0 fully saturated rings. The van der Waals surface area contributed by atoms with Gasteiger partial charge in [-0.2, -0.15) is 0 Å². The third-order valence-electron chi connectivity index (χ3n) is 3.28. The number of hydrogen-bond donors (Lipinski definition) is 0. The van der Waals surface area contributed by atoms with Crippen molar-refractivity contribution in [2.75, 3.05) is 13.2 Å². The molecule has 0 amide bonds. The molecule has 4 heteroatoms. The van der Waals surface area contributed by atoms with Crippen LogP contribution in [0.15, 0.2) is 48.7 Å². The number of benzene rings is 1. The van der Waals surface area contributed by atoms with E-state index in [4.69, 9.17) is 14.2 Å². The summed E-state index contributed by atoms with van der Waals surface area (Å²) in [6.07, 6.45) is 4.01. The van der Waals surface area contributed by atoms with Gasteiger partial charge < -0.3 is 14.2 Å². The van der Waals surface area contributed by atoms with Crippen molar-refractivity contribution in [3.63, 3.8) is 0 Å². The maximum Gasteiger partial charge on any atom is 0.213 e. The lowest BCUT2D eigenvalue weighted by atomic mass is 10.2. The Morgan fingerprint density at radius 2 is 1.55 bits per heavy atom. The number of rotatable bonds is 9. The predicted molar refractivity (Wildman–Crippen MR) is 86.7 cm³/mol. The third-order valence-corrected chi connectivity index (χ3v) is 3.28. The van der Waals surface area contributed by atoms with Crippen LogP contribution in [0, 0.1) is 0 Å². The average molecular weight is 301 g/mol. The summed E-state index contributed by atoms with van der Waals surface area (Å²) in [6, 6.07) is 13.3. The average Bonchev–Trinajstić information content (AvgIpc) is 2.58. The molecule has 22 heavy (non-hydrogen) atoms. The van der Waals surface area contributed by atoms with Gasteiger partial charge in [0.25, 0.3) is 0 Å². The fraction of sp³-hybridized carbons (Fsp3) is 0.389. The van der Waals surface area contributed by atoms with Gasteiger partial charge in [0.05, 0.1) is 6.10 Å². The van der Waals surface area contributed by atoms with Crippen molar-refractivity contribution in [3.05, 3.63) is 48.7 Å². The van der Waals surface area contributed by atoms with Gasteiger partial charge in [-0.25, -0.2) is 4.98 Å². The van der Waals surface area contributed by atoms with Crippen molar-refractivity contribution in [1.29, 1.82) is 0 Å². The first-order valence-corrected chi connectivity index (χ1v) is 7.75. The normalized spacial score (nSPS) is 10.5. The third kappa shape index (κ3) is 5.28. The molecule has 0 N–H and O–H groups in total. The zero-order valence-electron chi connectivity index (χ0n) is 13.2. The maximum absolute atomic E-state index is 5.86. The highest BCUT2D eigenvalue weighted by atomic mass is 16.5. The highest BCUT2D eigenvalue weighted by molar-refractivity contribution is 5.31. The maximum atomic E-state index is 5.86. The first-order valence-electron chi connectivity index (χ1n) is 7.75. The van der Waals surface area contributed by atoms with Gasteiger partial charge in [-0.1, -0.05) is 19.9 Å². The van der Waals surface area contributed by atoms with E-state index in [1.165, 1.54) is 0 Å². The minimum atomic E-state index is 0.276. The van der Waals surface area contributed by atoms with Crippen molar-refractivity contribution in [1.82, 2.24) is 4.98 Å². The molecule has 0 bridgehead atoms. The molecule has 2 aromatic rings. The van der Waals surface area contributed by atoms with Gasteiger partial charge in [0.2, 0.25) is 5.88 Å². The van der Waals surface area contributed by atoms with E-state index in [9.17, 15) is 0 Å². The number of hydrogen-bond acceptors (Lipinski definition) is 4. The minimum absolute atomic E-state index is 0.276. The van der Waals surface area contributed by atoms with Gasteiger partial charge in [-0.05, 0) is 43.2 Å². The summed E-state index contributed by atoms with van der Waals surface area (Å²) in [6.45, 7) is 5.20. The van der Waals surface area contributed by atoms with Crippen LogP contribution in [0.4, 0.5) is 0 Å². The summed E-state index contributed by atoms with van der Waals surface area (Å²) in [5, 5.41) is 0. The number of ether oxygens (including phenoxy) is 3. The fourth-order valence-corrected chi connectivity index (χ4v) is 2.00. The van der Waals surface area contributed by atoms with E-state index in [0.717, 1.165) is 24.3 Å². The molecular formula is C18H23NO3. The van der Waals surface area contributed by atoms with Gasteiger partial charge >= 0.3 is 0 Å². The van der Waals surface area contributed by atoms with E-state index in [-0.39, 0.29) is 6.10 Å². The summed E-state index contributed by atoms with van der Waals surface area (Å²) in [4.78, 5) is 4.08. The van der Waals surface area contributed by atoms with Crippen LogP contribution in [0.3, 0.4) is 0 Å². The second kappa shape index (κ2) is 8.93. The molecule has 0 aliphatic heterocycles. The second-order valence-corrected chi connectivity index (χ2v) is 4.89. The molecule has 0 aliphatic carbocycles.